The van der Waals surface area contributed by atoms with Gasteiger partial charge in [-0.3, -0.25) is 39.9 Å². The van der Waals surface area contributed by atoms with E-state index in [1.54, 1.807) is 63.2 Å². The molecule has 43 heteroatoms. The number of nitrogens with one attached hydrogen (secondary N) is 1. The second kappa shape index (κ2) is 43.7. The zero-order valence-electron chi connectivity index (χ0n) is 52.7. The van der Waals surface area contributed by atoms with Crippen molar-refractivity contribution in [3.05, 3.63) is 240 Å². The summed E-state index contributed by atoms with van der Waals surface area (Å²) in [5.41, 5.74) is 14.9. The monoisotopic (exact) mass is 1570 g/mol. The maximum atomic E-state index is 12.8. The first-order chi connectivity index (χ1) is 47.2. The van der Waals surface area contributed by atoms with E-state index in [4.69, 9.17) is 58.3 Å². The number of benzene rings is 7. The number of carbonyl (C=O) groups excluding carboxylic acids is 2. The van der Waals surface area contributed by atoms with Gasteiger partial charge in [0.15, 0.2) is 17.5 Å². The summed E-state index contributed by atoms with van der Waals surface area (Å²) in [6.07, 6.45) is -9.22. The van der Waals surface area contributed by atoms with E-state index < -0.39 is 78.3 Å². The van der Waals surface area contributed by atoms with Crippen LogP contribution in [0.1, 0.15) is 94.3 Å². The first kappa shape index (κ1) is 95.8. The normalized spacial score (nSPS) is 10.7. The number of aryl methyl sites for hydroxylation is 3. The zero-order chi connectivity index (χ0) is 75.6. The fourth-order valence-corrected chi connectivity index (χ4v) is 9.20. The van der Waals surface area contributed by atoms with E-state index >= 15 is 0 Å². The quantitative estimate of drug-likeness (QED) is 0.00684. The van der Waals surface area contributed by atoms with Crippen LogP contribution in [0.5, 0.6) is 0 Å². The molecule has 0 amide bonds. The molecule has 0 unspecified atom stereocenters. The van der Waals surface area contributed by atoms with Crippen LogP contribution in [0.15, 0.2) is 204 Å². The number of hydrogen-bond acceptors (Lipinski definition) is 26. The van der Waals surface area contributed by atoms with E-state index in [0.29, 0.717) is 52.3 Å². The number of nitrogens with zero attached hydrogens (tertiary/aromatic N) is 11. The Labute approximate surface area is 614 Å². The highest BCUT2D eigenvalue weighted by molar-refractivity contribution is 8.13. The molecule has 3 heterocycles. The Hall–Kier alpha value is -12.2. The van der Waals surface area contributed by atoms with Gasteiger partial charge in [-0.05, 0) is 125 Å². The van der Waals surface area contributed by atoms with Gasteiger partial charge >= 0.3 is 18.3 Å². The molecule has 10 aromatic rings. The zero-order valence-corrected chi connectivity index (χ0v) is 55.9. The van der Waals surface area contributed by atoms with Gasteiger partial charge in [0.2, 0.25) is 0 Å². The number of amidine groups is 2. The highest BCUT2D eigenvalue weighted by atomic mass is 35.7. The van der Waals surface area contributed by atoms with Crippen molar-refractivity contribution < 1.29 is 92.6 Å². The summed E-state index contributed by atoms with van der Waals surface area (Å²) in [6, 6.07) is 37.5. The van der Waals surface area contributed by atoms with E-state index in [1.165, 1.54) is 74.5 Å². The van der Waals surface area contributed by atoms with Crippen molar-refractivity contribution in [3.63, 3.8) is 0 Å². The van der Waals surface area contributed by atoms with Crippen LogP contribution in [0, 0.1) is 51.1 Å². The molecule has 7 aromatic carbocycles. The molecule has 106 heavy (non-hydrogen) atoms. The summed E-state index contributed by atoms with van der Waals surface area (Å²) < 4.78 is 138. The number of nitrogens with two attached hydrogens (primary N) is 3. The van der Waals surface area contributed by atoms with Crippen molar-refractivity contribution in [1.29, 1.82) is 0 Å². The molecule has 3 aromatic heterocycles. The number of anilines is 2. The molecule has 0 fully saturated rings. The summed E-state index contributed by atoms with van der Waals surface area (Å²) >= 11 is 5.11. The highest BCUT2D eigenvalue weighted by Gasteiger charge is 2.33. The molecular weight excluding hydrogens is 1500 g/mol. The fraction of sp³-hybridized carbons (Fsp3) is 0.175. The molecule has 0 aliphatic rings. The summed E-state index contributed by atoms with van der Waals surface area (Å²) in [7, 11) is -3.49. The van der Waals surface area contributed by atoms with Gasteiger partial charge in [0.25, 0.3) is 59.1 Å². The number of sulfonamides is 1. The Morgan fingerprint density at radius 1 is 0.557 bits per heavy atom. The fourth-order valence-electron chi connectivity index (χ4n) is 7.12. The molecule has 0 aliphatic carbocycles. The minimum absolute atomic E-state index is 0. The number of carbonyl (C=O) groups is 2. The van der Waals surface area contributed by atoms with Gasteiger partial charge in [0, 0.05) is 44.4 Å². The van der Waals surface area contributed by atoms with Crippen molar-refractivity contribution >= 4 is 101 Å². The molecule has 0 saturated carbocycles. The predicted molar refractivity (Wildman–Crippen MR) is 384 cm³/mol. The highest BCUT2D eigenvalue weighted by Crippen LogP contribution is 2.34. The van der Waals surface area contributed by atoms with Gasteiger partial charge < -0.3 is 40.8 Å². The lowest BCUT2D eigenvalue weighted by Crippen LogP contribution is -2.15. The topological polar surface area (TPSA) is 493 Å². The standard InChI is InChI=1S/C16H12F3N3O3S.C9H9N3O4.C9H7N3O3.C9H9N3O.C7H4ClF3O2S.C7H4ClNO3.C2H6N2O.4CH4.B.H2/c1-10-20-15(25-21-10)13-7-2-3-8-14(13)22-26(23,24)12-6-4-5-11(9-12)16(17,18)19;1-6(10)11-16-9(13)7-4-2-3-5-8(7)12(14)15;1-6-10-9(15-11-6)7-4-2-3-5-8(7)12(13)14;1-6-11-9(13-12-6)7-4-2-3-5-8(7)10;8-14(12,13)6-3-1-2-5(4-6)7(9,10)11;8-7(10)5-3-1-2-4-6(5)9(11)12;1-2(3)4-5;;;;;;/h2-9,22H,1H3;2-5H,1H3,(H2,10,11);2-5H,1H3;2-5H,10H2,1H3;1-4H;1-4H;5H,1H3,(H2,3,4);4*1H4;;1H/i;;;;;;;;;;;;1+1. The molecule has 0 saturated heterocycles. The van der Waals surface area contributed by atoms with Crippen LogP contribution >= 0.6 is 22.3 Å². The molecule has 0 atom stereocenters. The Morgan fingerprint density at radius 2 is 0.915 bits per heavy atom. The molecule has 8 N–H and O–H groups in total. The number of oxime groups is 2. The number of halogens is 8. The lowest BCUT2D eigenvalue weighted by Gasteiger charge is -2.12. The minimum Gasteiger partial charge on any atom is -0.409 e. The Balaban J connectivity index is -0.00000121. The number of nitro groups is 3. The van der Waals surface area contributed by atoms with Crippen molar-refractivity contribution in [2.75, 3.05) is 10.5 Å². The van der Waals surface area contributed by atoms with Crippen LogP contribution in [-0.4, -0.2) is 98.5 Å². The average molecular weight is 1570 g/mol. The Bertz CT molecular complexity index is 4830. The molecule has 569 valence electrons. The van der Waals surface area contributed by atoms with E-state index in [2.05, 4.69) is 50.3 Å². The van der Waals surface area contributed by atoms with Gasteiger partial charge in [0.1, 0.15) is 28.4 Å². The largest absolute Gasteiger partial charge is 0.416 e. The molecule has 0 bridgehead atoms. The van der Waals surface area contributed by atoms with Gasteiger partial charge in [-0.25, -0.2) is 21.6 Å². The lowest BCUT2D eigenvalue weighted by atomic mass is 10.2. The van der Waals surface area contributed by atoms with E-state index in [1.807, 2.05) is 18.2 Å². The number of nitro benzene ring substituents is 3. The SMILES string of the molecule is C.C.C.C.C/C(N)=N\O.C/C(N)=N\OC(=O)c1ccccc1[N+](=O)[O-].Cc1noc(-c2ccccc2N)n1.Cc1noc(-c2ccccc2NS(=O)(=O)c2cccc(C(F)(F)F)c2)n1.Cc1noc(-c2ccccc2[N+](=O)[O-])n1.O=C(Cl)c1ccccc1[N+](=O)[O-].O=S(=O)(Cl)c1cccc(C(F)(F)F)c1.[2HH].[B]. The third-order valence-electron chi connectivity index (χ3n) is 11.5. The smallest absolute Gasteiger partial charge is 0.409 e. The number of alkyl halides is 6. The first-order valence-electron chi connectivity index (χ1n) is 27.3. The third-order valence-corrected chi connectivity index (χ3v) is 14.4. The van der Waals surface area contributed by atoms with Crippen molar-refractivity contribution in [2.24, 2.45) is 21.8 Å². The van der Waals surface area contributed by atoms with Crippen molar-refractivity contribution in [2.45, 2.75) is 86.5 Å². The molecule has 10 rings (SSSR count). The Kier molecular flexibility index (Phi) is 39.5. The molecule has 3 radical (unpaired) electrons. The first-order valence-corrected chi connectivity index (χ1v) is 31.5. The van der Waals surface area contributed by atoms with Crippen molar-refractivity contribution in [1.82, 2.24) is 30.4 Å². The lowest BCUT2D eigenvalue weighted by molar-refractivity contribution is -0.385. The van der Waals surface area contributed by atoms with Gasteiger partial charge in [-0.15, -0.1) is 0 Å². The minimum atomic E-state index is -4.65. The molecule has 32 nitrogen and oxygen atoms in total. The van der Waals surface area contributed by atoms with Gasteiger partial charge in [0.05, 0.1) is 52.5 Å². The van der Waals surface area contributed by atoms with Gasteiger partial charge in [-0.2, -0.15) is 41.3 Å². The third kappa shape index (κ3) is 30.4. The van der Waals surface area contributed by atoms with Crippen LogP contribution in [0.3, 0.4) is 0 Å². The van der Waals surface area contributed by atoms with Crippen LogP contribution in [-0.2, 0) is 36.3 Å². The number of aromatic nitrogens is 6. The number of hydrogen-bond donors (Lipinski definition) is 5. The van der Waals surface area contributed by atoms with Crippen LogP contribution < -0.4 is 21.9 Å². The maximum absolute atomic E-state index is 12.8. The van der Waals surface area contributed by atoms with Crippen molar-refractivity contribution in [3.8, 4) is 34.4 Å². The van der Waals surface area contributed by atoms with E-state index in [-0.39, 0.29) is 96.9 Å². The number of nitrogen functional groups attached to an aromatic ring is 1. The summed E-state index contributed by atoms with van der Waals surface area (Å²) in [6.45, 7) is 7.95. The second-order valence-corrected chi connectivity index (χ2v) is 23.7. The summed E-state index contributed by atoms with van der Waals surface area (Å²) in [4.78, 5) is 67.2. The van der Waals surface area contributed by atoms with E-state index in [9.17, 15) is 83.1 Å². The molecular formula is C63H69BCl2F6N15O17S2. The van der Waals surface area contributed by atoms with E-state index in [0.717, 1.165) is 42.0 Å². The molecule has 0 spiro atoms. The average Bonchev–Trinajstić information content (AvgIpc) is 1.63. The molecule has 0 aliphatic heterocycles. The van der Waals surface area contributed by atoms with Crippen LogP contribution in [0.25, 0.3) is 34.4 Å². The number of rotatable bonds is 13. The van der Waals surface area contributed by atoms with Gasteiger partial charge in [-0.1, -0.05) is 128 Å². The Morgan fingerprint density at radius 3 is 1.30 bits per heavy atom. The predicted octanol–water partition coefficient (Wildman–Crippen LogP) is 15.3. The second-order valence-electron chi connectivity index (χ2n) is 19.1. The van der Waals surface area contributed by atoms with Crippen LogP contribution in [0.4, 0.5) is 54.8 Å². The summed E-state index contributed by atoms with van der Waals surface area (Å²) in [5, 5.41) is 55.2. The maximum Gasteiger partial charge on any atom is 0.416 e. The summed E-state index contributed by atoms with van der Waals surface area (Å²) in [5.74, 6) is 1.45. The van der Waals surface area contributed by atoms with Crippen LogP contribution in [0.2, 0.25) is 0 Å². The number of para-hydroxylation sites is 5.